The number of ether oxygens (including phenoxy) is 1. The van der Waals surface area contributed by atoms with Crippen LogP contribution >= 0.6 is 11.8 Å². The number of carbonyl (C=O) groups excluding carboxylic acids is 2. The molecule has 0 aromatic carbocycles. The van der Waals surface area contributed by atoms with E-state index in [9.17, 15) is 9.59 Å². The maximum absolute atomic E-state index is 12.4. The molecule has 0 aliphatic carbocycles. The first-order valence-corrected chi connectivity index (χ1v) is 9.12. The van der Waals surface area contributed by atoms with E-state index in [0.29, 0.717) is 11.6 Å². The predicted molar refractivity (Wildman–Crippen MR) is 87.7 cm³/mol. The van der Waals surface area contributed by atoms with Gasteiger partial charge in [0.2, 0.25) is 5.88 Å². The molecule has 0 saturated carbocycles. The molecule has 3 heterocycles. The lowest BCUT2D eigenvalue weighted by Gasteiger charge is -2.25. The smallest absolute Gasteiger partial charge is 0.274 e. The minimum absolute atomic E-state index is 0.00643. The van der Waals surface area contributed by atoms with Gasteiger partial charge in [-0.15, -0.1) is 0 Å². The van der Waals surface area contributed by atoms with Gasteiger partial charge in [0.25, 0.3) is 11.8 Å². The highest BCUT2D eigenvalue weighted by atomic mass is 32.2. The molecule has 1 aromatic rings. The summed E-state index contributed by atoms with van der Waals surface area (Å²) in [6.07, 6.45) is 2.12. The summed E-state index contributed by atoms with van der Waals surface area (Å²) in [6, 6.07) is 1.63. The van der Waals surface area contributed by atoms with Crippen LogP contribution in [0.15, 0.2) is 6.07 Å². The second-order valence-corrected chi connectivity index (χ2v) is 7.00. The van der Waals surface area contributed by atoms with E-state index in [1.807, 2.05) is 21.6 Å². The van der Waals surface area contributed by atoms with E-state index in [0.717, 1.165) is 50.5 Å². The highest BCUT2D eigenvalue weighted by Crippen LogP contribution is 2.17. The fourth-order valence-electron chi connectivity index (χ4n) is 2.81. The van der Waals surface area contributed by atoms with Gasteiger partial charge in [-0.25, -0.2) is 4.68 Å². The van der Waals surface area contributed by atoms with Crippen molar-refractivity contribution in [2.24, 2.45) is 7.05 Å². The zero-order valence-corrected chi connectivity index (χ0v) is 14.2. The van der Waals surface area contributed by atoms with E-state index < -0.39 is 0 Å². The Morgan fingerprint density at radius 2 is 1.87 bits per heavy atom. The number of hydrogen-bond donors (Lipinski definition) is 0. The van der Waals surface area contributed by atoms with Crippen molar-refractivity contribution in [2.75, 3.05) is 44.3 Å². The second kappa shape index (κ2) is 7.25. The van der Waals surface area contributed by atoms with Gasteiger partial charge in [0.1, 0.15) is 0 Å². The second-order valence-electron chi connectivity index (χ2n) is 5.77. The van der Waals surface area contributed by atoms with Crippen LogP contribution in [0.1, 0.15) is 23.3 Å². The summed E-state index contributed by atoms with van der Waals surface area (Å²) in [4.78, 5) is 28.1. The Kier molecular flexibility index (Phi) is 5.09. The first-order chi connectivity index (χ1) is 11.1. The first kappa shape index (κ1) is 16.2. The lowest BCUT2D eigenvalue weighted by molar-refractivity contribution is -0.132. The van der Waals surface area contributed by atoms with Crippen LogP contribution in [-0.2, 0) is 11.8 Å². The topological polar surface area (TPSA) is 67.7 Å². The lowest BCUT2D eigenvalue weighted by Crippen LogP contribution is -2.38. The number of rotatable bonds is 4. The van der Waals surface area contributed by atoms with Crippen molar-refractivity contribution in [3.63, 3.8) is 0 Å². The molecule has 8 heteroatoms. The summed E-state index contributed by atoms with van der Waals surface area (Å²) in [6.45, 7) is 3.12. The van der Waals surface area contributed by atoms with Crippen molar-refractivity contribution in [3.05, 3.63) is 11.8 Å². The van der Waals surface area contributed by atoms with Crippen LogP contribution in [0.3, 0.4) is 0 Å². The van der Waals surface area contributed by atoms with Crippen molar-refractivity contribution in [2.45, 2.75) is 12.8 Å². The lowest BCUT2D eigenvalue weighted by atomic mass is 10.3. The summed E-state index contributed by atoms with van der Waals surface area (Å²) in [5, 5.41) is 4.23. The van der Waals surface area contributed by atoms with Crippen LogP contribution in [0, 0.1) is 0 Å². The Morgan fingerprint density at radius 1 is 1.17 bits per heavy atom. The first-order valence-electron chi connectivity index (χ1n) is 7.97. The number of carbonyl (C=O) groups is 2. The third-order valence-electron chi connectivity index (χ3n) is 4.16. The van der Waals surface area contributed by atoms with Crippen LogP contribution in [0.2, 0.25) is 0 Å². The minimum atomic E-state index is -0.0679. The highest BCUT2D eigenvalue weighted by molar-refractivity contribution is 7.99. The van der Waals surface area contributed by atoms with E-state index in [1.54, 1.807) is 13.1 Å². The van der Waals surface area contributed by atoms with Gasteiger partial charge in [0.05, 0.1) is 0 Å². The Bertz CT molecular complexity index is 577. The van der Waals surface area contributed by atoms with Gasteiger partial charge < -0.3 is 14.5 Å². The maximum Gasteiger partial charge on any atom is 0.274 e. The summed E-state index contributed by atoms with van der Waals surface area (Å²) >= 11 is 1.86. The van der Waals surface area contributed by atoms with Crippen LogP contribution in [-0.4, -0.2) is 75.7 Å². The SMILES string of the molecule is Cn1nc(C(=O)N2CCSCC2)cc1OCC(=O)N1CCCC1. The number of amides is 2. The molecule has 2 saturated heterocycles. The molecule has 1 aromatic heterocycles. The third-order valence-corrected chi connectivity index (χ3v) is 5.10. The van der Waals surface area contributed by atoms with Crippen molar-refractivity contribution in [3.8, 4) is 5.88 Å². The van der Waals surface area contributed by atoms with Gasteiger partial charge in [0.15, 0.2) is 12.3 Å². The standard InChI is InChI=1S/C15H22N4O3S/c1-17-14(22-11-13(20)18-4-2-3-5-18)10-12(16-17)15(21)19-6-8-23-9-7-19/h10H,2-9,11H2,1H3. The number of hydrogen-bond acceptors (Lipinski definition) is 5. The molecule has 2 amide bonds. The zero-order valence-electron chi connectivity index (χ0n) is 13.4. The predicted octanol–water partition coefficient (Wildman–Crippen LogP) is 0.610. The average molecular weight is 338 g/mol. The Morgan fingerprint density at radius 3 is 2.57 bits per heavy atom. The van der Waals surface area contributed by atoms with Crippen LogP contribution in [0.5, 0.6) is 5.88 Å². The molecule has 0 radical (unpaired) electrons. The molecule has 0 N–H and O–H groups in total. The van der Waals surface area contributed by atoms with E-state index in [2.05, 4.69) is 5.10 Å². The number of nitrogens with zero attached hydrogens (tertiary/aromatic N) is 4. The monoisotopic (exact) mass is 338 g/mol. The Balaban J connectivity index is 1.59. The number of likely N-dealkylation sites (tertiary alicyclic amines) is 1. The van der Waals surface area contributed by atoms with Crippen LogP contribution in [0.4, 0.5) is 0 Å². The highest BCUT2D eigenvalue weighted by Gasteiger charge is 2.23. The van der Waals surface area contributed by atoms with Crippen molar-refractivity contribution < 1.29 is 14.3 Å². The van der Waals surface area contributed by atoms with Gasteiger partial charge in [-0.1, -0.05) is 0 Å². The maximum atomic E-state index is 12.4. The zero-order chi connectivity index (χ0) is 16.2. The van der Waals surface area contributed by atoms with E-state index in [-0.39, 0.29) is 18.4 Å². The largest absolute Gasteiger partial charge is 0.468 e. The summed E-state index contributed by atoms with van der Waals surface area (Å²) in [5.41, 5.74) is 0.378. The third kappa shape index (κ3) is 3.80. The quantitative estimate of drug-likeness (QED) is 0.805. The molecule has 2 aliphatic rings. The average Bonchev–Trinajstić information content (AvgIpc) is 3.23. The molecule has 3 rings (SSSR count). The van der Waals surface area contributed by atoms with Gasteiger partial charge >= 0.3 is 0 Å². The van der Waals surface area contributed by atoms with E-state index in [4.69, 9.17) is 4.74 Å². The number of aromatic nitrogens is 2. The fraction of sp³-hybridized carbons (Fsp3) is 0.667. The van der Waals surface area contributed by atoms with Crippen molar-refractivity contribution >= 4 is 23.6 Å². The van der Waals surface area contributed by atoms with Crippen LogP contribution in [0.25, 0.3) is 0 Å². The molecule has 126 valence electrons. The van der Waals surface area contributed by atoms with Gasteiger partial charge in [-0.2, -0.15) is 16.9 Å². The Labute approximate surface area is 139 Å². The molecule has 23 heavy (non-hydrogen) atoms. The van der Waals surface area contributed by atoms with Crippen LogP contribution < -0.4 is 4.74 Å². The normalized spacial score (nSPS) is 18.3. The van der Waals surface area contributed by atoms with Crippen molar-refractivity contribution in [1.29, 1.82) is 0 Å². The van der Waals surface area contributed by atoms with Gasteiger partial charge in [-0.05, 0) is 12.8 Å². The fourth-order valence-corrected chi connectivity index (χ4v) is 3.71. The molecule has 0 unspecified atom stereocenters. The number of thioether (sulfide) groups is 1. The Hall–Kier alpha value is -1.70. The van der Waals surface area contributed by atoms with Gasteiger partial charge in [-0.3, -0.25) is 9.59 Å². The molecular formula is C15H22N4O3S. The molecule has 7 nitrogen and oxygen atoms in total. The van der Waals surface area contributed by atoms with Gasteiger partial charge in [0, 0.05) is 50.8 Å². The molecular weight excluding hydrogens is 316 g/mol. The number of aryl methyl sites for hydroxylation is 1. The molecule has 0 atom stereocenters. The van der Waals surface area contributed by atoms with E-state index in [1.165, 1.54) is 4.68 Å². The molecule has 0 bridgehead atoms. The van der Waals surface area contributed by atoms with Crippen molar-refractivity contribution in [1.82, 2.24) is 19.6 Å². The summed E-state index contributed by atoms with van der Waals surface area (Å²) in [7, 11) is 1.72. The molecule has 2 fully saturated rings. The summed E-state index contributed by atoms with van der Waals surface area (Å²) in [5.74, 6) is 2.30. The minimum Gasteiger partial charge on any atom is -0.468 e. The molecule has 2 aliphatic heterocycles. The summed E-state index contributed by atoms with van der Waals surface area (Å²) < 4.78 is 7.08. The molecule has 0 spiro atoms. The van der Waals surface area contributed by atoms with E-state index >= 15 is 0 Å².